The molecule has 3 N–H and O–H groups in total. The molecule has 0 aliphatic carbocycles. The Morgan fingerprint density at radius 2 is 1.58 bits per heavy atom. The Bertz CT molecular complexity index is 1220. The number of benzene rings is 2. The van der Waals surface area contributed by atoms with Crippen LogP contribution in [-0.2, 0) is 17.5 Å². The summed E-state index contributed by atoms with van der Waals surface area (Å²) in [6, 6.07) is 7.51. The number of aliphatic carboxylic acids is 1. The van der Waals surface area contributed by atoms with Gasteiger partial charge in [-0.3, -0.25) is 4.79 Å². The fraction of sp³-hybridized carbons (Fsp3) is 0.360. The minimum absolute atomic E-state index is 0.00832. The number of carboxylic acid groups (broad SMARTS) is 1. The lowest BCUT2D eigenvalue weighted by Gasteiger charge is -2.18. The topological polar surface area (TPSA) is 95.6 Å². The molecule has 0 unspecified atom stereocenters. The van der Waals surface area contributed by atoms with Crippen molar-refractivity contribution in [2.24, 2.45) is 0 Å². The highest BCUT2D eigenvalue weighted by Gasteiger charge is 2.39. The maximum Gasteiger partial charge on any atom is 0.449 e. The quantitative estimate of drug-likeness (QED) is 0.347. The van der Waals surface area contributed by atoms with Crippen molar-refractivity contribution in [2.75, 3.05) is 0 Å². The van der Waals surface area contributed by atoms with Gasteiger partial charge in [0, 0.05) is 17.7 Å². The van der Waals surface area contributed by atoms with E-state index in [0.29, 0.717) is 0 Å². The summed E-state index contributed by atoms with van der Waals surface area (Å²) in [7, 11) is 0. The lowest BCUT2D eigenvalue weighted by Crippen LogP contribution is -2.23. The van der Waals surface area contributed by atoms with Crippen molar-refractivity contribution in [3.05, 3.63) is 65.0 Å². The molecular formula is C25H25F5N2O4. The van der Waals surface area contributed by atoms with Crippen LogP contribution in [0.2, 0.25) is 0 Å². The highest BCUT2D eigenvalue weighted by atomic mass is 19.4. The zero-order chi connectivity index (χ0) is 26.8. The van der Waals surface area contributed by atoms with Gasteiger partial charge in [0.15, 0.2) is 0 Å². The summed E-state index contributed by atoms with van der Waals surface area (Å²) in [4.78, 5) is 14.6. The number of aliphatic hydroxyl groups is 2. The van der Waals surface area contributed by atoms with E-state index in [1.54, 1.807) is 0 Å². The number of aromatic nitrogens is 2. The molecule has 0 bridgehead atoms. The molecular weight excluding hydrogens is 487 g/mol. The van der Waals surface area contributed by atoms with E-state index >= 15 is 0 Å². The van der Waals surface area contributed by atoms with Crippen LogP contribution < -0.4 is 0 Å². The second kappa shape index (κ2) is 10.8. The smallest absolute Gasteiger partial charge is 0.449 e. The fourth-order valence-corrected chi connectivity index (χ4v) is 4.07. The molecule has 3 rings (SSSR count). The van der Waals surface area contributed by atoms with Crippen molar-refractivity contribution in [2.45, 2.75) is 58.0 Å². The second-order valence-electron chi connectivity index (χ2n) is 8.64. The summed E-state index contributed by atoms with van der Waals surface area (Å²) in [6.07, 6.45) is -8.81. The van der Waals surface area contributed by atoms with E-state index in [-0.39, 0.29) is 46.5 Å². The van der Waals surface area contributed by atoms with E-state index in [0.717, 1.165) is 16.7 Å². The van der Waals surface area contributed by atoms with Crippen molar-refractivity contribution in [3.8, 4) is 22.5 Å². The molecule has 0 aliphatic heterocycles. The van der Waals surface area contributed by atoms with E-state index < -0.39 is 54.8 Å². The molecule has 0 saturated carbocycles. The summed E-state index contributed by atoms with van der Waals surface area (Å²) in [5, 5.41) is 28.8. The first-order chi connectivity index (χ1) is 16.8. The highest BCUT2D eigenvalue weighted by molar-refractivity contribution is 5.80. The first-order valence-electron chi connectivity index (χ1n) is 11.1. The summed E-state index contributed by atoms with van der Waals surface area (Å²) < 4.78 is 70.9. The zero-order valence-electron chi connectivity index (χ0n) is 19.5. The van der Waals surface area contributed by atoms with E-state index in [4.69, 9.17) is 5.11 Å². The van der Waals surface area contributed by atoms with Gasteiger partial charge in [-0.25, -0.2) is 13.8 Å². The Kier molecular flexibility index (Phi) is 8.15. The molecule has 3 aromatic rings. The van der Waals surface area contributed by atoms with Crippen LogP contribution in [0, 0.1) is 25.5 Å². The lowest BCUT2D eigenvalue weighted by atomic mass is 10.00. The third kappa shape index (κ3) is 6.27. The number of halogens is 5. The van der Waals surface area contributed by atoms with E-state index in [1.165, 1.54) is 38.1 Å². The van der Waals surface area contributed by atoms with Gasteiger partial charge in [-0.2, -0.15) is 13.2 Å². The molecule has 0 aliphatic rings. The largest absolute Gasteiger partial charge is 0.481 e. The number of hydrogen-bond acceptors (Lipinski definition) is 4. The molecule has 36 heavy (non-hydrogen) atoms. The predicted molar refractivity (Wildman–Crippen MR) is 121 cm³/mol. The van der Waals surface area contributed by atoms with Crippen molar-refractivity contribution < 1.29 is 42.1 Å². The van der Waals surface area contributed by atoms with Gasteiger partial charge in [-0.05, 0) is 74.2 Å². The van der Waals surface area contributed by atoms with Crippen LogP contribution in [0.15, 0.2) is 36.4 Å². The molecule has 194 valence electrons. The monoisotopic (exact) mass is 512 g/mol. The molecule has 0 amide bonds. The van der Waals surface area contributed by atoms with Gasteiger partial charge in [-0.1, -0.05) is 0 Å². The number of imidazole rings is 1. The van der Waals surface area contributed by atoms with Crippen LogP contribution >= 0.6 is 0 Å². The highest BCUT2D eigenvalue weighted by Crippen LogP contribution is 2.40. The van der Waals surface area contributed by atoms with Crippen molar-refractivity contribution in [1.29, 1.82) is 0 Å². The SMILES string of the molecule is Cc1cc(-c2nc(C(F)(F)F)n(CC[C@@H](O)C[C@@H](O)CC(=O)O)c2-c2ccc(F)cc2)cc(C)c1F. The third-order valence-corrected chi connectivity index (χ3v) is 5.69. The van der Waals surface area contributed by atoms with E-state index in [1.807, 2.05) is 0 Å². The Labute approximate surface area is 203 Å². The average Bonchev–Trinajstić information content (AvgIpc) is 3.15. The summed E-state index contributed by atoms with van der Waals surface area (Å²) in [5.74, 6) is -3.65. The second-order valence-corrected chi connectivity index (χ2v) is 8.64. The fourth-order valence-electron chi connectivity index (χ4n) is 4.07. The van der Waals surface area contributed by atoms with Crippen LogP contribution in [0.25, 0.3) is 22.5 Å². The minimum atomic E-state index is -4.90. The number of carbonyl (C=O) groups is 1. The number of carboxylic acids is 1. The number of hydrogen-bond donors (Lipinski definition) is 3. The van der Waals surface area contributed by atoms with Crippen LogP contribution in [0.1, 0.15) is 36.2 Å². The lowest BCUT2D eigenvalue weighted by molar-refractivity contribution is -0.147. The first kappa shape index (κ1) is 27.3. The summed E-state index contributed by atoms with van der Waals surface area (Å²) in [6.45, 7) is 2.56. The van der Waals surface area contributed by atoms with Gasteiger partial charge in [-0.15, -0.1) is 0 Å². The molecule has 2 aromatic carbocycles. The summed E-state index contributed by atoms with van der Waals surface area (Å²) >= 11 is 0. The number of aryl methyl sites for hydroxylation is 2. The standard InChI is InChI=1S/C25H25F5N2O4/c1-13-9-16(10-14(2)21(13)27)22-23(15-3-5-17(26)6-4-15)32(24(31-22)25(28,29)30)8-7-18(33)11-19(34)12-20(35)36/h3-6,9-10,18-19,33-34H,7-8,11-12H2,1-2H3,(H,35,36)/t18-,19-/m1/s1. The Morgan fingerprint density at radius 1 is 1.00 bits per heavy atom. The Hall–Kier alpha value is -3.31. The Balaban J connectivity index is 2.13. The number of aliphatic hydroxyl groups excluding tert-OH is 2. The predicted octanol–water partition coefficient (Wildman–Crippen LogP) is 5.11. The maximum absolute atomic E-state index is 14.2. The maximum atomic E-state index is 14.2. The molecule has 2 atom stereocenters. The van der Waals surface area contributed by atoms with Gasteiger partial charge >= 0.3 is 12.1 Å². The van der Waals surface area contributed by atoms with Gasteiger partial charge in [0.05, 0.1) is 30.0 Å². The normalized spacial score (nSPS) is 13.6. The molecule has 11 heteroatoms. The zero-order valence-corrected chi connectivity index (χ0v) is 19.5. The molecule has 0 fully saturated rings. The molecule has 0 saturated heterocycles. The summed E-state index contributed by atoms with van der Waals surface area (Å²) in [5.41, 5.74) is 0.760. The van der Waals surface area contributed by atoms with Gasteiger partial charge in [0.2, 0.25) is 5.82 Å². The minimum Gasteiger partial charge on any atom is -0.481 e. The van der Waals surface area contributed by atoms with Crippen LogP contribution in [0.5, 0.6) is 0 Å². The van der Waals surface area contributed by atoms with Crippen LogP contribution in [-0.4, -0.2) is 43.0 Å². The molecule has 0 spiro atoms. The molecule has 0 radical (unpaired) electrons. The number of rotatable bonds is 9. The number of alkyl halides is 3. The number of nitrogens with zero attached hydrogens (tertiary/aromatic N) is 2. The van der Waals surface area contributed by atoms with Crippen LogP contribution in [0.4, 0.5) is 22.0 Å². The van der Waals surface area contributed by atoms with Crippen molar-refractivity contribution in [3.63, 3.8) is 0 Å². The van der Waals surface area contributed by atoms with Gasteiger partial charge < -0.3 is 19.9 Å². The molecule has 1 heterocycles. The first-order valence-corrected chi connectivity index (χ1v) is 11.1. The van der Waals surface area contributed by atoms with E-state index in [2.05, 4.69) is 4.98 Å². The van der Waals surface area contributed by atoms with E-state index in [9.17, 15) is 37.0 Å². The van der Waals surface area contributed by atoms with Crippen molar-refractivity contribution >= 4 is 5.97 Å². The molecule has 6 nitrogen and oxygen atoms in total. The van der Waals surface area contributed by atoms with Gasteiger partial charge in [0.1, 0.15) is 11.6 Å². The van der Waals surface area contributed by atoms with Crippen molar-refractivity contribution in [1.82, 2.24) is 9.55 Å². The Morgan fingerprint density at radius 3 is 2.11 bits per heavy atom. The third-order valence-electron chi connectivity index (χ3n) is 5.69. The average molecular weight is 512 g/mol. The molecule has 1 aromatic heterocycles. The van der Waals surface area contributed by atoms with Gasteiger partial charge in [0.25, 0.3) is 0 Å². The van der Waals surface area contributed by atoms with Crippen LogP contribution in [0.3, 0.4) is 0 Å².